The molecule has 1 atom stereocenters. The van der Waals surface area contributed by atoms with E-state index in [1.165, 1.54) is 13.2 Å². The Morgan fingerprint density at radius 2 is 1.90 bits per heavy atom. The Labute approximate surface area is 168 Å². The fraction of sp³-hybridized carbons (Fsp3) is 0.273. The second-order valence-corrected chi connectivity index (χ2v) is 6.35. The van der Waals surface area contributed by atoms with Crippen LogP contribution in [0.25, 0.3) is 11.0 Å². The van der Waals surface area contributed by atoms with Crippen LogP contribution >= 0.6 is 0 Å². The van der Waals surface area contributed by atoms with Crippen molar-refractivity contribution < 1.29 is 28.2 Å². The molecule has 0 spiro atoms. The molecule has 1 amide bonds. The number of amides is 1. The summed E-state index contributed by atoms with van der Waals surface area (Å²) in [5.41, 5.74) is 1.02. The van der Waals surface area contributed by atoms with Crippen molar-refractivity contribution in [3.8, 4) is 11.5 Å². The molecule has 7 nitrogen and oxygen atoms in total. The Bertz CT molecular complexity index is 976. The summed E-state index contributed by atoms with van der Waals surface area (Å²) in [6.07, 6.45) is 0. The third kappa shape index (κ3) is 4.87. The zero-order valence-corrected chi connectivity index (χ0v) is 16.6. The van der Waals surface area contributed by atoms with Gasteiger partial charge in [-0.05, 0) is 44.2 Å². The third-order valence-corrected chi connectivity index (χ3v) is 4.28. The van der Waals surface area contributed by atoms with Gasteiger partial charge in [-0.2, -0.15) is 0 Å². The van der Waals surface area contributed by atoms with E-state index in [0.717, 1.165) is 11.0 Å². The summed E-state index contributed by atoms with van der Waals surface area (Å²) in [5.74, 6) is 0.528. The lowest BCUT2D eigenvalue weighted by molar-refractivity contribution is -0.125. The molecule has 0 radical (unpaired) electrons. The predicted octanol–water partition coefficient (Wildman–Crippen LogP) is 3.87. The van der Waals surface area contributed by atoms with Gasteiger partial charge in [0.25, 0.3) is 5.91 Å². The van der Waals surface area contributed by atoms with Gasteiger partial charge in [0.2, 0.25) is 0 Å². The van der Waals surface area contributed by atoms with Crippen LogP contribution in [0.3, 0.4) is 0 Å². The molecule has 0 saturated carbocycles. The second-order valence-electron chi connectivity index (χ2n) is 6.35. The molecule has 29 heavy (non-hydrogen) atoms. The van der Waals surface area contributed by atoms with Gasteiger partial charge in [0.1, 0.15) is 11.3 Å². The molecule has 1 heterocycles. The first-order valence-electron chi connectivity index (χ1n) is 9.27. The molecular formula is C22H23NO6. The van der Waals surface area contributed by atoms with Crippen molar-refractivity contribution in [1.82, 2.24) is 5.32 Å². The molecule has 1 aromatic heterocycles. The van der Waals surface area contributed by atoms with Gasteiger partial charge in [0.05, 0.1) is 25.3 Å². The van der Waals surface area contributed by atoms with Crippen LogP contribution in [0.5, 0.6) is 11.5 Å². The molecule has 3 rings (SSSR count). The molecule has 3 aromatic rings. The minimum absolute atomic E-state index is 0.271. The van der Waals surface area contributed by atoms with Crippen molar-refractivity contribution in [1.29, 1.82) is 0 Å². The minimum Gasteiger partial charge on any atom is -0.493 e. The number of hydrogen-bond acceptors (Lipinski definition) is 6. The minimum atomic E-state index is -0.625. The molecule has 0 bridgehead atoms. The van der Waals surface area contributed by atoms with Gasteiger partial charge in [-0.25, -0.2) is 4.79 Å². The molecular weight excluding hydrogens is 374 g/mol. The SMILES string of the molecule is CCOc1cc(C(=O)OCC(=O)N[C@@H](C)c2cc3ccccc3o2)ccc1OC. The second kappa shape index (κ2) is 9.14. The monoisotopic (exact) mass is 397 g/mol. The Balaban J connectivity index is 1.57. The molecule has 0 aliphatic heterocycles. The fourth-order valence-electron chi connectivity index (χ4n) is 2.86. The first-order valence-corrected chi connectivity index (χ1v) is 9.27. The summed E-state index contributed by atoms with van der Waals surface area (Å²) in [6, 6.07) is 13.8. The maximum atomic E-state index is 12.3. The van der Waals surface area contributed by atoms with Gasteiger partial charge in [-0.3, -0.25) is 4.79 Å². The highest BCUT2D eigenvalue weighted by Crippen LogP contribution is 2.28. The van der Waals surface area contributed by atoms with Gasteiger partial charge in [0.15, 0.2) is 18.1 Å². The van der Waals surface area contributed by atoms with E-state index >= 15 is 0 Å². The van der Waals surface area contributed by atoms with Crippen LogP contribution in [0.2, 0.25) is 0 Å². The van der Waals surface area contributed by atoms with E-state index < -0.39 is 18.5 Å². The molecule has 0 aliphatic rings. The first kappa shape index (κ1) is 20.3. The highest BCUT2D eigenvalue weighted by Gasteiger charge is 2.17. The molecule has 7 heteroatoms. The average Bonchev–Trinajstić information content (AvgIpc) is 3.16. The summed E-state index contributed by atoms with van der Waals surface area (Å²) < 4.78 is 21.5. The largest absolute Gasteiger partial charge is 0.493 e. The number of ether oxygens (including phenoxy) is 3. The molecule has 0 unspecified atom stereocenters. The van der Waals surface area contributed by atoms with E-state index in [0.29, 0.717) is 23.9 Å². The zero-order chi connectivity index (χ0) is 20.8. The van der Waals surface area contributed by atoms with E-state index in [1.807, 2.05) is 37.3 Å². The number of carbonyl (C=O) groups excluding carboxylic acids is 2. The van der Waals surface area contributed by atoms with Crippen LogP contribution < -0.4 is 14.8 Å². The maximum absolute atomic E-state index is 12.3. The lowest BCUT2D eigenvalue weighted by Gasteiger charge is -2.13. The van der Waals surface area contributed by atoms with Crippen molar-refractivity contribution in [2.24, 2.45) is 0 Å². The number of benzene rings is 2. The van der Waals surface area contributed by atoms with Gasteiger partial charge < -0.3 is 23.9 Å². The maximum Gasteiger partial charge on any atom is 0.338 e. The lowest BCUT2D eigenvalue weighted by Crippen LogP contribution is -2.31. The van der Waals surface area contributed by atoms with Gasteiger partial charge in [0, 0.05) is 5.39 Å². The topological polar surface area (TPSA) is 87.0 Å². The number of carbonyl (C=O) groups is 2. The van der Waals surface area contributed by atoms with Crippen molar-refractivity contribution in [3.63, 3.8) is 0 Å². The quantitative estimate of drug-likeness (QED) is 0.581. The fourth-order valence-corrected chi connectivity index (χ4v) is 2.86. The zero-order valence-electron chi connectivity index (χ0n) is 16.6. The van der Waals surface area contributed by atoms with Crippen LogP contribution in [0.15, 0.2) is 52.9 Å². The van der Waals surface area contributed by atoms with Gasteiger partial charge in [-0.1, -0.05) is 18.2 Å². The van der Waals surface area contributed by atoms with E-state index in [2.05, 4.69) is 5.32 Å². The van der Waals surface area contributed by atoms with Gasteiger partial charge in [-0.15, -0.1) is 0 Å². The number of methoxy groups -OCH3 is 1. The Kier molecular flexibility index (Phi) is 6.39. The summed E-state index contributed by atoms with van der Waals surface area (Å²) in [4.78, 5) is 24.4. The smallest absolute Gasteiger partial charge is 0.338 e. The van der Waals surface area contributed by atoms with Crippen molar-refractivity contribution in [3.05, 3.63) is 59.9 Å². The Hall–Kier alpha value is -3.48. The number of nitrogens with one attached hydrogen (secondary N) is 1. The number of para-hydroxylation sites is 1. The lowest BCUT2D eigenvalue weighted by atomic mass is 10.2. The van der Waals surface area contributed by atoms with Crippen LogP contribution in [0.4, 0.5) is 0 Å². The van der Waals surface area contributed by atoms with E-state index in [9.17, 15) is 9.59 Å². The van der Waals surface area contributed by atoms with E-state index in [1.54, 1.807) is 19.1 Å². The van der Waals surface area contributed by atoms with Crippen molar-refractivity contribution in [2.45, 2.75) is 19.9 Å². The number of rotatable bonds is 8. The van der Waals surface area contributed by atoms with Crippen molar-refractivity contribution >= 4 is 22.8 Å². The summed E-state index contributed by atoms with van der Waals surface area (Å²) in [6.45, 7) is 3.66. The standard InChI is InChI=1S/C22H23NO6/c1-4-27-20-12-16(9-10-18(20)26-3)22(25)28-13-21(24)23-14(2)19-11-15-7-5-6-8-17(15)29-19/h5-12,14H,4,13H2,1-3H3,(H,23,24)/t14-/m0/s1. The van der Waals surface area contributed by atoms with Crippen molar-refractivity contribution in [2.75, 3.05) is 20.3 Å². The van der Waals surface area contributed by atoms with Gasteiger partial charge >= 0.3 is 5.97 Å². The number of fused-ring (bicyclic) bond motifs is 1. The molecule has 2 aromatic carbocycles. The Morgan fingerprint density at radius 1 is 1.10 bits per heavy atom. The van der Waals surface area contributed by atoms with Crippen LogP contribution in [-0.4, -0.2) is 32.2 Å². The number of esters is 1. The molecule has 1 N–H and O–H groups in total. The highest BCUT2D eigenvalue weighted by molar-refractivity contribution is 5.92. The third-order valence-electron chi connectivity index (χ3n) is 4.28. The number of furan rings is 1. The molecule has 0 fully saturated rings. The molecule has 152 valence electrons. The normalized spacial score (nSPS) is 11.7. The van der Waals surface area contributed by atoms with Crippen LogP contribution in [0, 0.1) is 0 Å². The summed E-state index contributed by atoms with van der Waals surface area (Å²) >= 11 is 0. The summed E-state index contributed by atoms with van der Waals surface area (Å²) in [7, 11) is 1.52. The Morgan fingerprint density at radius 3 is 2.62 bits per heavy atom. The summed E-state index contributed by atoms with van der Waals surface area (Å²) in [5, 5.41) is 3.72. The van der Waals surface area contributed by atoms with Crippen LogP contribution in [0.1, 0.15) is 36.0 Å². The molecule has 0 saturated heterocycles. The van der Waals surface area contributed by atoms with Crippen LogP contribution in [-0.2, 0) is 9.53 Å². The predicted molar refractivity (Wildman–Crippen MR) is 107 cm³/mol. The first-order chi connectivity index (χ1) is 14.0. The number of hydrogen-bond donors (Lipinski definition) is 1. The van der Waals surface area contributed by atoms with E-state index in [-0.39, 0.29) is 11.6 Å². The molecule has 0 aliphatic carbocycles. The van der Waals surface area contributed by atoms with E-state index in [4.69, 9.17) is 18.6 Å². The highest BCUT2D eigenvalue weighted by atomic mass is 16.5. The average molecular weight is 397 g/mol.